The number of nitrogens with one attached hydrogen (secondary N) is 1. The number of anilines is 2. The number of rotatable bonds is 8. The molecular weight excluding hydrogens is 368 g/mol. The van der Waals surface area contributed by atoms with Crippen LogP contribution in [0.1, 0.15) is 20.3 Å². The van der Waals surface area contributed by atoms with Crippen molar-refractivity contribution in [2.45, 2.75) is 26.3 Å². The highest BCUT2D eigenvalue weighted by Crippen LogP contribution is 2.21. The average molecular weight is 399 g/mol. The van der Waals surface area contributed by atoms with Crippen LogP contribution in [0.25, 0.3) is 0 Å². The third kappa shape index (κ3) is 5.33. The van der Waals surface area contributed by atoms with E-state index in [9.17, 15) is 13.2 Å². The van der Waals surface area contributed by atoms with Crippen molar-refractivity contribution in [3.05, 3.63) is 24.3 Å². The van der Waals surface area contributed by atoms with E-state index in [0.29, 0.717) is 39.2 Å². The van der Waals surface area contributed by atoms with Crippen LogP contribution in [-0.4, -0.2) is 75.9 Å². The Labute approximate surface area is 162 Å². The zero-order valence-electron chi connectivity index (χ0n) is 16.5. The molecule has 152 valence electrons. The van der Waals surface area contributed by atoms with Crippen LogP contribution < -0.4 is 10.2 Å². The third-order valence-electron chi connectivity index (χ3n) is 4.58. The Morgan fingerprint density at radius 3 is 2.22 bits per heavy atom. The number of ether oxygens (including phenoxy) is 1. The molecule has 1 aliphatic rings. The van der Waals surface area contributed by atoms with Crippen molar-refractivity contribution in [1.82, 2.24) is 8.61 Å². The summed E-state index contributed by atoms with van der Waals surface area (Å²) in [5.41, 5.74) is 1.89. The molecule has 0 spiro atoms. The minimum absolute atomic E-state index is 0.248. The topological polar surface area (TPSA) is 82.2 Å². The Bertz CT molecular complexity index is 713. The van der Waals surface area contributed by atoms with Gasteiger partial charge in [0.15, 0.2) is 0 Å². The fourth-order valence-electron chi connectivity index (χ4n) is 2.95. The predicted molar refractivity (Wildman–Crippen MR) is 107 cm³/mol. The van der Waals surface area contributed by atoms with Gasteiger partial charge in [0.1, 0.15) is 6.04 Å². The van der Waals surface area contributed by atoms with Crippen LogP contribution in [0.5, 0.6) is 0 Å². The van der Waals surface area contributed by atoms with Crippen molar-refractivity contribution in [3.63, 3.8) is 0 Å². The molecule has 1 aromatic rings. The van der Waals surface area contributed by atoms with E-state index in [1.807, 2.05) is 31.2 Å². The second-order valence-electron chi connectivity index (χ2n) is 6.58. The summed E-state index contributed by atoms with van der Waals surface area (Å²) in [6.45, 7) is 6.29. The van der Waals surface area contributed by atoms with Gasteiger partial charge >= 0.3 is 5.97 Å². The summed E-state index contributed by atoms with van der Waals surface area (Å²) >= 11 is 0. The second kappa shape index (κ2) is 9.38. The van der Waals surface area contributed by atoms with Gasteiger partial charge in [0.05, 0.1) is 6.61 Å². The van der Waals surface area contributed by atoms with Crippen LogP contribution in [0.3, 0.4) is 0 Å². The largest absolute Gasteiger partial charge is 0.464 e. The van der Waals surface area contributed by atoms with Gasteiger partial charge < -0.3 is 15.0 Å². The van der Waals surface area contributed by atoms with Gasteiger partial charge in [-0.25, -0.2) is 4.79 Å². The maximum atomic E-state index is 12.2. The van der Waals surface area contributed by atoms with Crippen LogP contribution in [0, 0.1) is 0 Å². The van der Waals surface area contributed by atoms with Crippen LogP contribution in [0.2, 0.25) is 0 Å². The molecule has 0 aromatic heterocycles. The normalized spacial score (nSPS) is 17.0. The number of esters is 1. The fraction of sp³-hybridized carbons (Fsp3) is 0.611. The van der Waals surface area contributed by atoms with Crippen molar-refractivity contribution < 1.29 is 17.9 Å². The first kappa shape index (κ1) is 21.5. The van der Waals surface area contributed by atoms with E-state index in [-0.39, 0.29) is 12.0 Å². The summed E-state index contributed by atoms with van der Waals surface area (Å²) in [7, 11) is -0.258. The molecule has 27 heavy (non-hydrogen) atoms. The lowest BCUT2D eigenvalue weighted by atomic mass is 10.2. The van der Waals surface area contributed by atoms with Gasteiger partial charge in [-0.05, 0) is 37.6 Å². The zero-order chi connectivity index (χ0) is 20.0. The first-order valence-electron chi connectivity index (χ1n) is 9.25. The average Bonchev–Trinajstić information content (AvgIpc) is 2.66. The minimum Gasteiger partial charge on any atom is -0.464 e. The van der Waals surface area contributed by atoms with E-state index < -0.39 is 10.2 Å². The summed E-state index contributed by atoms with van der Waals surface area (Å²) < 4.78 is 32.2. The van der Waals surface area contributed by atoms with Crippen molar-refractivity contribution in [2.24, 2.45) is 0 Å². The van der Waals surface area contributed by atoms with Gasteiger partial charge in [0, 0.05) is 51.6 Å². The Morgan fingerprint density at radius 2 is 1.74 bits per heavy atom. The Hall–Kier alpha value is -1.84. The van der Waals surface area contributed by atoms with E-state index in [2.05, 4.69) is 10.2 Å². The van der Waals surface area contributed by atoms with Crippen LogP contribution in [-0.2, 0) is 19.7 Å². The molecule has 1 atom stereocenters. The first-order chi connectivity index (χ1) is 12.8. The van der Waals surface area contributed by atoms with E-state index in [4.69, 9.17) is 4.74 Å². The molecule has 0 radical (unpaired) electrons. The number of nitrogens with zero attached hydrogens (tertiary/aromatic N) is 3. The van der Waals surface area contributed by atoms with Gasteiger partial charge in [0.25, 0.3) is 10.2 Å². The lowest BCUT2D eigenvalue weighted by Crippen LogP contribution is -2.51. The number of hydrogen-bond donors (Lipinski definition) is 1. The first-order valence-corrected chi connectivity index (χ1v) is 10.6. The fourth-order valence-corrected chi connectivity index (χ4v) is 4.03. The summed E-state index contributed by atoms with van der Waals surface area (Å²) in [5.74, 6) is -0.248. The summed E-state index contributed by atoms with van der Waals surface area (Å²) in [6, 6.07) is 7.46. The van der Waals surface area contributed by atoms with E-state index >= 15 is 0 Å². The standard InChI is InChI=1S/C18H30N4O4S/c1-5-17(18(23)26-6-2)19-15-7-9-16(10-8-15)21-11-13-22(14-12-21)27(24,25)20(3)4/h7-10,17,19H,5-6,11-14H2,1-4H3. The van der Waals surface area contributed by atoms with Crippen molar-refractivity contribution in [2.75, 3.05) is 57.1 Å². The molecule has 8 nitrogen and oxygen atoms in total. The molecule has 0 saturated carbocycles. The molecule has 9 heteroatoms. The molecule has 1 saturated heterocycles. The lowest BCUT2D eigenvalue weighted by Gasteiger charge is -2.36. The predicted octanol–water partition coefficient (Wildman–Crippen LogP) is 1.37. The summed E-state index contributed by atoms with van der Waals surface area (Å²) in [4.78, 5) is 14.1. The van der Waals surface area contributed by atoms with Gasteiger partial charge in [-0.1, -0.05) is 6.92 Å². The van der Waals surface area contributed by atoms with Crippen molar-refractivity contribution >= 4 is 27.6 Å². The van der Waals surface area contributed by atoms with E-state index in [1.165, 1.54) is 8.61 Å². The highest BCUT2D eigenvalue weighted by molar-refractivity contribution is 7.86. The molecule has 1 heterocycles. The third-order valence-corrected chi connectivity index (χ3v) is 6.52. The molecule has 0 aliphatic carbocycles. The zero-order valence-corrected chi connectivity index (χ0v) is 17.3. The lowest BCUT2D eigenvalue weighted by molar-refractivity contribution is -0.144. The summed E-state index contributed by atoms with van der Waals surface area (Å²) in [5, 5.41) is 3.20. The molecule has 0 bridgehead atoms. The molecule has 1 aromatic carbocycles. The van der Waals surface area contributed by atoms with Crippen LogP contribution >= 0.6 is 0 Å². The molecule has 0 amide bonds. The smallest absolute Gasteiger partial charge is 0.328 e. The van der Waals surface area contributed by atoms with Gasteiger partial charge in [-0.3, -0.25) is 0 Å². The van der Waals surface area contributed by atoms with Crippen LogP contribution in [0.15, 0.2) is 24.3 Å². The van der Waals surface area contributed by atoms with Crippen LogP contribution in [0.4, 0.5) is 11.4 Å². The number of carbonyl (C=O) groups excluding carboxylic acids is 1. The quantitative estimate of drug-likeness (QED) is 0.666. The Balaban J connectivity index is 1.95. The van der Waals surface area contributed by atoms with Crippen molar-refractivity contribution in [1.29, 1.82) is 0 Å². The van der Waals surface area contributed by atoms with Crippen molar-refractivity contribution in [3.8, 4) is 0 Å². The number of carbonyl (C=O) groups is 1. The van der Waals surface area contributed by atoms with Gasteiger partial charge in [-0.15, -0.1) is 0 Å². The highest BCUT2D eigenvalue weighted by atomic mass is 32.2. The minimum atomic E-state index is -3.36. The molecule has 1 N–H and O–H groups in total. The molecule has 2 rings (SSSR count). The van der Waals surface area contributed by atoms with E-state index in [0.717, 1.165) is 11.4 Å². The van der Waals surface area contributed by atoms with E-state index in [1.54, 1.807) is 21.0 Å². The van der Waals surface area contributed by atoms with Gasteiger partial charge in [0.2, 0.25) is 0 Å². The number of piperazine rings is 1. The highest BCUT2D eigenvalue weighted by Gasteiger charge is 2.28. The maximum Gasteiger partial charge on any atom is 0.328 e. The Kier molecular flexibility index (Phi) is 7.46. The molecule has 1 aliphatic heterocycles. The maximum absolute atomic E-state index is 12.2. The summed E-state index contributed by atoms with van der Waals surface area (Å²) in [6.07, 6.45) is 0.642. The second-order valence-corrected chi connectivity index (χ2v) is 8.72. The number of benzene rings is 1. The van der Waals surface area contributed by atoms with Gasteiger partial charge in [-0.2, -0.15) is 17.0 Å². The monoisotopic (exact) mass is 398 g/mol. The SMILES string of the molecule is CCOC(=O)C(CC)Nc1ccc(N2CCN(S(=O)(=O)N(C)C)CC2)cc1. The molecule has 1 unspecified atom stereocenters. The number of hydrogen-bond acceptors (Lipinski definition) is 6. The molecule has 1 fully saturated rings. The Morgan fingerprint density at radius 1 is 1.15 bits per heavy atom. The molecular formula is C18H30N4O4S.